The molecule has 12 nitrogen and oxygen atoms in total. The maximum atomic E-state index is 13.4. The van der Waals surface area contributed by atoms with Gasteiger partial charge in [0.2, 0.25) is 5.78 Å². The fourth-order valence-corrected chi connectivity index (χ4v) is 8.34. The smallest absolute Gasteiger partial charge is 0.311 e. The number of ether oxygens (including phenoxy) is 2. The molecule has 2 N–H and O–H groups in total. The van der Waals surface area contributed by atoms with Crippen molar-refractivity contribution in [3.05, 3.63) is 63.7 Å². The van der Waals surface area contributed by atoms with Crippen molar-refractivity contribution in [3.63, 3.8) is 0 Å². The molecular weight excluding hydrogens is 574 g/mol. The first-order chi connectivity index (χ1) is 20.8. The van der Waals surface area contributed by atoms with Crippen LogP contribution in [0.3, 0.4) is 0 Å². The Labute approximate surface area is 254 Å². The molecule has 4 aliphatic rings. The van der Waals surface area contributed by atoms with Gasteiger partial charge in [-0.2, -0.15) is 0 Å². The lowest BCUT2D eigenvalue weighted by Crippen LogP contribution is -2.61. The zero-order chi connectivity index (χ0) is 31.9. The Kier molecular flexibility index (Phi) is 8.52. The summed E-state index contributed by atoms with van der Waals surface area (Å²) < 4.78 is 10.3. The quantitative estimate of drug-likeness (QED) is 0.172. The normalized spacial score (nSPS) is 33.7. The molecule has 5 rings (SSSR count). The second-order valence-corrected chi connectivity index (χ2v) is 12.8. The fourth-order valence-electron chi connectivity index (χ4n) is 8.34. The van der Waals surface area contributed by atoms with Crippen molar-refractivity contribution in [1.29, 1.82) is 0 Å². The molecule has 3 saturated carbocycles. The van der Waals surface area contributed by atoms with Crippen LogP contribution >= 0.6 is 0 Å². The third-order valence-electron chi connectivity index (χ3n) is 10.5. The largest absolute Gasteiger partial charge is 0.458 e. The van der Waals surface area contributed by atoms with Crippen LogP contribution in [-0.4, -0.2) is 57.1 Å². The molecule has 236 valence electrons. The van der Waals surface area contributed by atoms with Gasteiger partial charge in [-0.05, 0) is 73.8 Å². The maximum Gasteiger partial charge on any atom is 0.311 e. The van der Waals surface area contributed by atoms with Gasteiger partial charge in [0.15, 0.2) is 12.4 Å². The summed E-state index contributed by atoms with van der Waals surface area (Å²) in [4.78, 5) is 64.8. The maximum absolute atomic E-state index is 13.4. The summed E-state index contributed by atoms with van der Waals surface area (Å²) in [6, 6.07) is 5.96. The Morgan fingerprint density at radius 3 is 2.64 bits per heavy atom. The fraction of sp³-hybridized carbons (Fsp3) is 0.562. The summed E-state index contributed by atoms with van der Waals surface area (Å²) in [5.74, 6) is -2.25. The molecule has 44 heavy (non-hydrogen) atoms. The first kappa shape index (κ1) is 31.5. The number of allylic oxidation sites excluding steroid dienone is 4. The number of ketones is 2. The Hall–Kier alpha value is -3.90. The summed E-state index contributed by atoms with van der Waals surface area (Å²) in [5.41, 5.74) is -1.75. The Balaban J connectivity index is 1.16. The first-order valence-electron chi connectivity index (χ1n) is 14.9. The number of fused-ring (bicyclic) bond motifs is 5. The topological polar surface area (TPSA) is 180 Å². The summed E-state index contributed by atoms with van der Waals surface area (Å²) in [6.07, 6.45) is 6.07. The van der Waals surface area contributed by atoms with Crippen molar-refractivity contribution in [1.82, 2.24) is 0 Å². The van der Waals surface area contributed by atoms with E-state index in [1.807, 2.05) is 13.0 Å². The summed E-state index contributed by atoms with van der Waals surface area (Å²) >= 11 is 0. The van der Waals surface area contributed by atoms with Crippen molar-refractivity contribution in [3.8, 4) is 5.75 Å². The van der Waals surface area contributed by atoms with Gasteiger partial charge in [0, 0.05) is 16.7 Å². The van der Waals surface area contributed by atoms with Crippen LogP contribution in [-0.2, 0) is 35.4 Å². The number of hydrogen-bond donors (Lipinski definition) is 2. The standard InChI is InChI=1S/C32H37NO11/c1-30-12-10-21(34)15-20(30)6-7-23-24-11-13-32(39,31(24,2)16-25(35)29(23)30)26(36)18-42-27(37)8-9-28(38)44-22-5-3-4-19(14-22)17-43-33(40)41/h3-5,10,12,14-15,23-25,29,35,39H,6-9,11,13,16-18H2,1-2H3/t23-,24-,25-,29+,30-,31-,32-/m0/s1. The second-order valence-electron chi connectivity index (χ2n) is 12.8. The molecule has 0 radical (unpaired) electrons. The number of aliphatic hydroxyl groups excluding tert-OH is 1. The number of esters is 2. The molecule has 0 aromatic heterocycles. The third-order valence-corrected chi connectivity index (χ3v) is 10.5. The first-order valence-corrected chi connectivity index (χ1v) is 14.9. The number of hydrogen-bond acceptors (Lipinski definition) is 11. The van der Waals surface area contributed by atoms with Crippen LogP contribution < -0.4 is 4.74 Å². The van der Waals surface area contributed by atoms with Crippen LogP contribution in [0.2, 0.25) is 0 Å². The van der Waals surface area contributed by atoms with Gasteiger partial charge in [-0.1, -0.05) is 37.6 Å². The van der Waals surface area contributed by atoms with Gasteiger partial charge in [0.1, 0.15) is 18.0 Å². The minimum absolute atomic E-state index is 0.0376. The van der Waals surface area contributed by atoms with E-state index in [9.17, 15) is 39.5 Å². The molecule has 4 aliphatic carbocycles. The predicted octanol–water partition coefficient (Wildman–Crippen LogP) is 3.20. The van der Waals surface area contributed by atoms with Crippen molar-refractivity contribution in [2.24, 2.45) is 28.6 Å². The number of aliphatic hydroxyl groups is 2. The molecule has 1 aromatic rings. The molecule has 0 amide bonds. The predicted molar refractivity (Wildman–Crippen MR) is 152 cm³/mol. The SMILES string of the molecule is C[C@]12C=CC(=O)C=C1CC[C@@H]1[C@@H]2[C@@H](O)C[C@@]2(C)[C@H]1CC[C@]2(O)C(=O)COC(=O)CCC(=O)Oc1cccc(CO[N+](=O)[O-])c1. The molecule has 0 aliphatic heterocycles. The van der Waals surface area contributed by atoms with Crippen molar-refractivity contribution >= 4 is 23.5 Å². The number of Topliss-reactive ketones (excluding diaryl/α,β-unsaturated/α-hetero) is 1. The van der Waals surface area contributed by atoms with Crippen LogP contribution in [0.25, 0.3) is 0 Å². The van der Waals surface area contributed by atoms with Crippen LogP contribution in [0.15, 0.2) is 48.1 Å². The molecule has 12 heteroatoms. The zero-order valence-corrected chi connectivity index (χ0v) is 24.7. The molecular formula is C32H37NO11. The lowest BCUT2D eigenvalue weighted by Gasteiger charge is -2.59. The monoisotopic (exact) mass is 611 g/mol. The molecule has 0 spiro atoms. The highest BCUT2D eigenvalue weighted by atomic mass is 16.9. The van der Waals surface area contributed by atoms with Crippen LogP contribution in [0.1, 0.15) is 64.4 Å². The highest BCUT2D eigenvalue weighted by Gasteiger charge is 2.68. The van der Waals surface area contributed by atoms with Crippen molar-refractivity contribution < 1.29 is 48.8 Å². The van der Waals surface area contributed by atoms with Gasteiger partial charge in [0.05, 0.1) is 18.9 Å². The van der Waals surface area contributed by atoms with E-state index in [1.54, 1.807) is 18.2 Å². The second kappa shape index (κ2) is 11.9. The van der Waals surface area contributed by atoms with Crippen molar-refractivity contribution in [2.45, 2.75) is 77.1 Å². The number of carbonyl (C=O) groups is 4. The van der Waals surface area contributed by atoms with Gasteiger partial charge in [0.25, 0.3) is 5.09 Å². The zero-order valence-electron chi connectivity index (χ0n) is 24.7. The van der Waals surface area contributed by atoms with Gasteiger partial charge in [-0.25, -0.2) is 0 Å². The van der Waals surface area contributed by atoms with Crippen LogP contribution in [0.4, 0.5) is 0 Å². The van der Waals surface area contributed by atoms with E-state index >= 15 is 0 Å². The third kappa shape index (κ3) is 5.68. The van der Waals surface area contributed by atoms with Crippen molar-refractivity contribution in [2.75, 3.05) is 6.61 Å². The molecule has 3 fully saturated rings. The van der Waals surface area contributed by atoms with Gasteiger partial charge in [-0.3, -0.25) is 19.2 Å². The number of carbonyl (C=O) groups excluding carboxylic acids is 4. The molecule has 0 unspecified atom stereocenters. The van der Waals surface area contributed by atoms with Gasteiger partial charge < -0.3 is 24.5 Å². The van der Waals surface area contributed by atoms with Gasteiger partial charge in [-0.15, -0.1) is 10.1 Å². The minimum Gasteiger partial charge on any atom is -0.458 e. The van der Waals surface area contributed by atoms with Crippen LogP contribution in [0.5, 0.6) is 5.75 Å². The van der Waals surface area contributed by atoms with E-state index in [-0.39, 0.29) is 61.6 Å². The van der Waals surface area contributed by atoms with E-state index < -0.39 is 52.0 Å². The molecule has 7 atom stereocenters. The average molecular weight is 612 g/mol. The minimum atomic E-state index is -1.79. The summed E-state index contributed by atoms with van der Waals surface area (Å²) in [6.45, 7) is 2.91. The van der Waals surface area contributed by atoms with E-state index in [0.29, 0.717) is 18.4 Å². The molecule has 0 bridgehead atoms. The molecule has 0 heterocycles. The number of benzene rings is 1. The summed E-state index contributed by atoms with van der Waals surface area (Å²) in [7, 11) is 0. The Morgan fingerprint density at radius 1 is 1.14 bits per heavy atom. The molecule has 1 aromatic carbocycles. The Morgan fingerprint density at radius 2 is 1.89 bits per heavy atom. The van der Waals surface area contributed by atoms with Gasteiger partial charge >= 0.3 is 11.9 Å². The Bertz CT molecular complexity index is 1430. The average Bonchev–Trinajstić information content (AvgIpc) is 3.24. The van der Waals surface area contributed by atoms with Crippen LogP contribution in [0, 0.1) is 38.7 Å². The highest BCUT2D eigenvalue weighted by Crippen LogP contribution is 2.67. The van der Waals surface area contributed by atoms with E-state index in [0.717, 1.165) is 12.0 Å². The number of rotatable bonds is 10. The summed E-state index contributed by atoms with van der Waals surface area (Å²) in [5, 5.41) is 32.7. The van der Waals surface area contributed by atoms with E-state index in [4.69, 9.17) is 9.47 Å². The number of nitrogens with zero attached hydrogens (tertiary/aromatic N) is 1. The molecule has 0 saturated heterocycles. The lowest BCUT2D eigenvalue weighted by atomic mass is 9.46. The van der Waals surface area contributed by atoms with E-state index in [1.165, 1.54) is 18.2 Å². The lowest BCUT2D eigenvalue weighted by molar-refractivity contribution is -0.763. The highest BCUT2D eigenvalue weighted by molar-refractivity contribution is 6.01. The van der Waals surface area contributed by atoms with E-state index in [2.05, 4.69) is 11.8 Å².